The minimum absolute atomic E-state index is 0.0140. The van der Waals surface area contributed by atoms with E-state index in [1.165, 1.54) is 5.56 Å². The van der Waals surface area contributed by atoms with Crippen LogP contribution in [-0.4, -0.2) is 25.5 Å². The summed E-state index contributed by atoms with van der Waals surface area (Å²) in [6, 6.07) is 8.53. The molecule has 1 aromatic rings. The molecule has 0 aliphatic heterocycles. The molecule has 3 nitrogen and oxygen atoms in total. The molecule has 2 N–H and O–H groups in total. The van der Waals surface area contributed by atoms with Crippen molar-refractivity contribution in [3.05, 3.63) is 34.3 Å². The van der Waals surface area contributed by atoms with Gasteiger partial charge in [-0.15, -0.1) is 0 Å². The van der Waals surface area contributed by atoms with E-state index < -0.39 is 0 Å². The largest absolute Gasteiger partial charge is 0.353 e. The van der Waals surface area contributed by atoms with E-state index in [2.05, 4.69) is 45.6 Å². The van der Waals surface area contributed by atoms with Crippen molar-refractivity contribution >= 4 is 21.8 Å². The topological polar surface area (TPSA) is 41.1 Å². The molecule has 0 heterocycles. The molecule has 0 spiro atoms. The highest BCUT2D eigenvalue weighted by Crippen LogP contribution is 2.12. The van der Waals surface area contributed by atoms with E-state index in [1.807, 2.05) is 26.1 Å². The molecule has 106 valence electrons. The average molecular weight is 327 g/mol. The van der Waals surface area contributed by atoms with E-state index >= 15 is 0 Å². The fourth-order valence-corrected chi connectivity index (χ4v) is 2.15. The number of nitrogens with one attached hydrogen (secondary N) is 2. The molecule has 2 atom stereocenters. The molecule has 0 aliphatic carbocycles. The Hall–Kier alpha value is -0.870. The van der Waals surface area contributed by atoms with Gasteiger partial charge in [-0.1, -0.05) is 35.0 Å². The number of amides is 1. The maximum absolute atomic E-state index is 11.8. The number of carbonyl (C=O) groups is 1. The second kappa shape index (κ2) is 8.33. The van der Waals surface area contributed by atoms with Crippen molar-refractivity contribution in [2.75, 3.05) is 13.6 Å². The lowest BCUT2D eigenvalue weighted by molar-refractivity contribution is -0.125. The van der Waals surface area contributed by atoms with Crippen molar-refractivity contribution in [3.63, 3.8) is 0 Å². The zero-order valence-corrected chi connectivity index (χ0v) is 13.5. The van der Waals surface area contributed by atoms with Gasteiger partial charge in [0.15, 0.2) is 0 Å². The molecule has 0 aliphatic rings. The molecule has 19 heavy (non-hydrogen) atoms. The van der Waals surface area contributed by atoms with Crippen LogP contribution in [0.25, 0.3) is 0 Å². The Morgan fingerprint density at radius 2 is 1.89 bits per heavy atom. The maximum atomic E-state index is 11.8. The van der Waals surface area contributed by atoms with Gasteiger partial charge in [-0.05, 0) is 44.5 Å². The summed E-state index contributed by atoms with van der Waals surface area (Å²) in [6.07, 6.45) is 1.94. The number of rotatable bonds is 7. The summed E-state index contributed by atoms with van der Waals surface area (Å²) < 4.78 is 1.10. The van der Waals surface area contributed by atoms with Gasteiger partial charge in [-0.25, -0.2) is 0 Å². The standard InChI is InChI=1S/C15H23BrN2O/c1-11(10-17-3)15(19)18-12(2)4-5-13-6-8-14(16)9-7-13/h6-9,11-12,17H,4-5,10H2,1-3H3,(H,18,19). The minimum Gasteiger partial charge on any atom is -0.353 e. The van der Waals surface area contributed by atoms with Gasteiger partial charge in [-0.2, -0.15) is 0 Å². The van der Waals surface area contributed by atoms with E-state index in [1.54, 1.807) is 0 Å². The summed E-state index contributed by atoms with van der Waals surface area (Å²) in [5.41, 5.74) is 1.30. The highest BCUT2D eigenvalue weighted by atomic mass is 79.9. The van der Waals surface area contributed by atoms with Crippen molar-refractivity contribution in [1.82, 2.24) is 10.6 Å². The summed E-state index contributed by atoms with van der Waals surface area (Å²) in [6.45, 7) is 4.71. The lowest BCUT2D eigenvalue weighted by Gasteiger charge is -2.17. The number of benzene rings is 1. The Morgan fingerprint density at radius 1 is 1.26 bits per heavy atom. The molecule has 2 unspecified atom stereocenters. The Labute approximate surface area is 124 Å². The van der Waals surface area contributed by atoms with Gasteiger partial charge in [0, 0.05) is 23.0 Å². The monoisotopic (exact) mass is 326 g/mol. The number of carbonyl (C=O) groups excluding carboxylic acids is 1. The number of hydrogen-bond donors (Lipinski definition) is 2. The molecule has 1 amide bonds. The fraction of sp³-hybridized carbons (Fsp3) is 0.533. The molecule has 1 aromatic carbocycles. The predicted molar refractivity (Wildman–Crippen MR) is 83.2 cm³/mol. The van der Waals surface area contributed by atoms with Crippen LogP contribution >= 0.6 is 15.9 Å². The van der Waals surface area contributed by atoms with Gasteiger partial charge < -0.3 is 10.6 Å². The number of aryl methyl sites for hydroxylation is 1. The smallest absolute Gasteiger partial charge is 0.224 e. The van der Waals surface area contributed by atoms with Crippen LogP contribution in [0.15, 0.2) is 28.7 Å². The normalized spacial score (nSPS) is 13.9. The van der Waals surface area contributed by atoms with Crippen molar-refractivity contribution < 1.29 is 4.79 Å². The number of hydrogen-bond acceptors (Lipinski definition) is 2. The highest BCUT2D eigenvalue weighted by Gasteiger charge is 2.14. The maximum Gasteiger partial charge on any atom is 0.224 e. The summed E-state index contributed by atoms with van der Waals surface area (Å²) in [5, 5.41) is 6.08. The van der Waals surface area contributed by atoms with Crippen LogP contribution in [0.1, 0.15) is 25.8 Å². The summed E-state index contributed by atoms with van der Waals surface area (Å²) in [5.74, 6) is 0.137. The van der Waals surface area contributed by atoms with E-state index in [0.29, 0.717) is 6.54 Å². The SMILES string of the molecule is CNCC(C)C(=O)NC(C)CCc1ccc(Br)cc1. The molecule has 0 aromatic heterocycles. The van der Waals surface area contributed by atoms with Crippen molar-refractivity contribution in [2.24, 2.45) is 5.92 Å². The quantitative estimate of drug-likeness (QED) is 0.808. The van der Waals surface area contributed by atoms with Crippen molar-refractivity contribution in [2.45, 2.75) is 32.7 Å². The van der Waals surface area contributed by atoms with Crippen LogP contribution < -0.4 is 10.6 Å². The van der Waals surface area contributed by atoms with Crippen LogP contribution in [0.5, 0.6) is 0 Å². The van der Waals surface area contributed by atoms with Gasteiger partial charge in [0.05, 0.1) is 0 Å². The molecule has 1 rings (SSSR count). The third-order valence-corrected chi connectivity index (χ3v) is 3.65. The second-order valence-electron chi connectivity index (χ2n) is 5.03. The van der Waals surface area contributed by atoms with Gasteiger partial charge in [0.25, 0.3) is 0 Å². The van der Waals surface area contributed by atoms with Gasteiger partial charge in [-0.3, -0.25) is 4.79 Å². The molecule has 4 heteroatoms. The Bertz CT molecular complexity index is 392. The Kier molecular flexibility index (Phi) is 7.10. The first-order valence-corrected chi connectivity index (χ1v) is 7.51. The first kappa shape index (κ1) is 16.2. The Morgan fingerprint density at radius 3 is 2.47 bits per heavy atom. The van der Waals surface area contributed by atoms with E-state index in [4.69, 9.17) is 0 Å². The lowest BCUT2D eigenvalue weighted by Crippen LogP contribution is -2.39. The molecule has 0 fully saturated rings. The van der Waals surface area contributed by atoms with Gasteiger partial charge in [0.1, 0.15) is 0 Å². The molecule has 0 saturated carbocycles. The highest BCUT2D eigenvalue weighted by molar-refractivity contribution is 9.10. The Balaban J connectivity index is 2.33. The molecule has 0 radical (unpaired) electrons. The third-order valence-electron chi connectivity index (χ3n) is 3.13. The fourth-order valence-electron chi connectivity index (χ4n) is 1.89. The van der Waals surface area contributed by atoms with Crippen LogP contribution in [0.4, 0.5) is 0 Å². The van der Waals surface area contributed by atoms with E-state index in [-0.39, 0.29) is 17.9 Å². The zero-order chi connectivity index (χ0) is 14.3. The lowest BCUT2D eigenvalue weighted by atomic mass is 10.1. The van der Waals surface area contributed by atoms with Crippen LogP contribution in [0.3, 0.4) is 0 Å². The number of halogens is 1. The first-order valence-electron chi connectivity index (χ1n) is 6.72. The van der Waals surface area contributed by atoms with E-state index in [9.17, 15) is 4.79 Å². The molecule has 0 saturated heterocycles. The summed E-state index contributed by atoms with van der Waals surface area (Å²) in [7, 11) is 1.86. The second-order valence-corrected chi connectivity index (χ2v) is 5.95. The predicted octanol–water partition coefficient (Wildman–Crippen LogP) is 2.74. The van der Waals surface area contributed by atoms with E-state index in [0.717, 1.165) is 17.3 Å². The minimum atomic E-state index is 0.0140. The van der Waals surface area contributed by atoms with Crippen LogP contribution in [0, 0.1) is 5.92 Å². The average Bonchev–Trinajstić information content (AvgIpc) is 2.38. The van der Waals surface area contributed by atoms with Gasteiger partial charge in [0.2, 0.25) is 5.91 Å². The molecular formula is C15H23BrN2O. The van der Waals surface area contributed by atoms with Gasteiger partial charge >= 0.3 is 0 Å². The molecule has 0 bridgehead atoms. The van der Waals surface area contributed by atoms with Crippen molar-refractivity contribution in [1.29, 1.82) is 0 Å². The van der Waals surface area contributed by atoms with Crippen LogP contribution in [-0.2, 0) is 11.2 Å². The first-order chi connectivity index (χ1) is 9.02. The summed E-state index contributed by atoms with van der Waals surface area (Å²) in [4.78, 5) is 11.8. The van der Waals surface area contributed by atoms with Crippen LogP contribution in [0.2, 0.25) is 0 Å². The summed E-state index contributed by atoms with van der Waals surface area (Å²) >= 11 is 3.43. The van der Waals surface area contributed by atoms with Crippen molar-refractivity contribution in [3.8, 4) is 0 Å². The zero-order valence-electron chi connectivity index (χ0n) is 11.9. The molecular weight excluding hydrogens is 304 g/mol. The third kappa shape index (κ3) is 6.21.